The molecule has 4 nitrogen and oxygen atoms in total. The van der Waals surface area contributed by atoms with E-state index in [0.717, 1.165) is 32.6 Å². The van der Waals surface area contributed by atoms with Crippen molar-refractivity contribution in [3.8, 4) is 5.75 Å². The van der Waals surface area contributed by atoms with Crippen LogP contribution in [-0.4, -0.2) is 42.1 Å². The Morgan fingerprint density at radius 3 is 2.95 bits per heavy atom. The molecule has 1 unspecified atom stereocenters. The number of nitrogens with zero attached hydrogens (tertiary/aromatic N) is 1. The number of amides is 1. The molecule has 2 N–H and O–H groups in total. The smallest absolute Gasteiger partial charge is 0.253 e. The molecule has 5 heteroatoms. The summed E-state index contributed by atoms with van der Waals surface area (Å²) in [7, 11) is 0. The van der Waals surface area contributed by atoms with E-state index in [1.54, 1.807) is 12.1 Å². The largest absolute Gasteiger partial charge is 0.507 e. The lowest BCUT2D eigenvalue weighted by Crippen LogP contribution is -2.41. The fraction of sp³-hybridized carbons (Fsp3) is 0.562. The maximum absolute atomic E-state index is 12.7. The highest BCUT2D eigenvalue weighted by Gasteiger charge is 2.21. The lowest BCUT2D eigenvalue weighted by Gasteiger charge is -2.30. The molecule has 0 radical (unpaired) electrons. The number of phenols is 1. The number of carbonyl (C=O) groups is 1. The van der Waals surface area contributed by atoms with Gasteiger partial charge in [-0.05, 0) is 72.4 Å². The van der Waals surface area contributed by atoms with Gasteiger partial charge in [0, 0.05) is 18.7 Å². The van der Waals surface area contributed by atoms with Crippen LogP contribution in [0.5, 0.6) is 5.75 Å². The van der Waals surface area contributed by atoms with Crippen molar-refractivity contribution in [3.63, 3.8) is 0 Å². The first-order valence-electron chi connectivity index (χ1n) is 7.60. The van der Waals surface area contributed by atoms with E-state index in [0.29, 0.717) is 16.0 Å². The van der Waals surface area contributed by atoms with Crippen molar-refractivity contribution in [2.45, 2.75) is 26.2 Å². The number of halogens is 1. The minimum Gasteiger partial charge on any atom is -0.507 e. The van der Waals surface area contributed by atoms with E-state index in [-0.39, 0.29) is 11.7 Å². The number of rotatable bonds is 5. The molecule has 0 bridgehead atoms. The number of benzene rings is 1. The summed E-state index contributed by atoms with van der Waals surface area (Å²) in [6, 6.07) is 5.01. The Kier molecular flexibility index (Phi) is 6.06. The number of carbonyl (C=O) groups excluding carboxylic acids is 1. The monoisotopic (exact) mass is 354 g/mol. The highest BCUT2D eigenvalue weighted by Crippen LogP contribution is 2.25. The minimum absolute atomic E-state index is 0.00484. The predicted octanol–water partition coefficient (Wildman–Crippen LogP) is 3.01. The van der Waals surface area contributed by atoms with E-state index >= 15 is 0 Å². The first-order valence-corrected chi connectivity index (χ1v) is 8.39. The molecule has 2 rings (SSSR count). The summed E-state index contributed by atoms with van der Waals surface area (Å²) >= 11 is 3.24. The third-order valence-corrected chi connectivity index (χ3v) is 4.52. The fourth-order valence-electron chi connectivity index (χ4n) is 2.77. The normalized spacial score (nSPS) is 18.5. The van der Waals surface area contributed by atoms with E-state index in [9.17, 15) is 9.90 Å². The topological polar surface area (TPSA) is 52.6 Å². The van der Waals surface area contributed by atoms with Crippen molar-refractivity contribution < 1.29 is 9.90 Å². The van der Waals surface area contributed by atoms with Crippen molar-refractivity contribution >= 4 is 21.8 Å². The first kappa shape index (κ1) is 16.3. The molecule has 0 spiro atoms. The summed E-state index contributed by atoms with van der Waals surface area (Å²) in [4.78, 5) is 14.6. The van der Waals surface area contributed by atoms with Gasteiger partial charge in [-0.2, -0.15) is 0 Å². The van der Waals surface area contributed by atoms with Gasteiger partial charge in [0.2, 0.25) is 0 Å². The highest BCUT2D eigenvalue weighted by atomic mass is 79.9. The standard InChI is InChI=1S/C16H23BrN2O2/c1-2-8-19(11-12-4-3-7-18-10-12)16(21)13-5-6-14(17)15(20)9-13/h5-6,9,12,18,20H,2-4,7-8,10-11H2,1H3. The molecule has 116 valence electrons. The van der Waals surface area contributed by atoms with Crippen LogP contribution < -0.4 is 5.32 Å². The predicted molar refractivity (Wildman–Crippen MR) is 87.6 cm³/mol. The Morgan fingerprint density at radius 1 is 1.52 bits per heavy atom. The van der Waals surface area contributed by atoms with Crippen LogP contribution in [0, 0.1) is 5.92 Å². The van der Waals surface area contributed by atoms with E-state index in [1.807, 2.05) is 4.90 Å². The molecule has 1 aromatic rings. The average molecular weight is 355 g/mol. The molecule has 1 aliphatic heterocycles. The summed E-state index contributed by atoms with van der Waals surface area (Å²) in [5.74, 6) is 0.639. The zero-order valence-corrected chi connectivity index (χ0v) is 14.0. The second-order valence-electron chi connectivity index (χ2n) is 5.63. The molecule has 1 amide bonds. The van der Waals surface area contributed by atoms with Crippen molar-refractivity contribution in [2.75, 3.05) is 26.2 Å². The molecule has 0 saturated carbocycles. The summed E-state index contributed by atoms with van der Waals surface area (Å²) in [6.07, 6.45) is 3.29. The average Bonchev–Trinajstić information content (AvgIpc) is 2.50. The number of hydrogen-bond donors (Lipinski definition) is 2. The van der Waals surface area contributed by atoms with Crippen LogP contribution in [0.3, 0.4) is 0 Å². The van der Waals surface area contributed by atoms with E-state index < -0.39 is 0 Å². The Morgan fingerprint density at radius 2 is 2.33 bits per heavy atom. The molecule has 1 aliphatic rings. The molecule has 0 aromatic heterocycles. The van der Waals surface area contributed by atoms with Gasteiger partial charge in [-0.25, -0.2) is 0 Å². The van der Waals surface area contributed by atoms with Crippen LogP contribution in [0.15, 0.2) is 22.7 Å². The summed E-state index contributed by atoms with van der Waals surface area (Å²) in [5, 5.41) is 13.1. The summed E-state index contributed by atoms with van der Waals surface area (Å²) in [5.41, 5.74) is 0.549. The quantitative estimate of drug-likeness (QED) is 0.854. The van der Waals surface area contributed by atoms with Gasteiger partial charge in [-0.15, -0.1) is 0 Å². The van der Waals surface area contributed by atoms with Crippen molar-refractivity contribution in [1.82, 2.24) is 10.2 Å². The van der Waals surface area contributed by atoms with Crippen LogP contribution in [-0.2, 0) is 0 Å². The Bertz CT molecular complexity index is 487. The SMILES string of the molecule is CCCN(CC1CCCNC1)C(=O)c1ccc(Br)c(O)c1. The van der Waals surface area contributed by atoms with Crippen LogP contribution in [0.4, 0.5) is 0 Å². The van der Waals surface area contributed by atoms with E-state index in [2.05, 4.69) is 28.2 Å². The van der Waals surface area contributed by atoms with Gasteiger partial charge in [0.1, 0.15) is 5.75 Å². The Labute approximate surface area is 134 Å². The molecule has 0 aliphatic carbocycles. The fourth-order valence-corrected chi connectivity index (χ4v) is 3.01. The first-order chi connectivity index (χ1) is 10.1. The molecular weight excluding hydrogens is 332 g/mol. The summed E-state index contributed by atoms with van der Waals surface area (Å²) in [6.45, 7) is 5.69. The van der Waals surface area contributed by atoms with E-state index in [4.69, 9.17) is 0 Å². The number of aromatic hydroxyl groups is 1. The van der Waals surface area contributed by atoms with Gasteiger partial charge in [-0.1, -0.05) is 6.92 Å². The van der Waals surface area contributed by atoms with Crippen LogP contribution in [0.1, 0.15) is 36.5 Å². The highest BCUT2D eigenvalue weighted by molar-refractivity contribution is 9.10. The van der Waals surface area contributed by atoms with Gasteiger partial charge >= 0.3 is 0 Å². The second kappa shape index (κ2) is 7.80. The van der Waals surface area contributed by atoms with E-state index in [1.165, 1.54) is 18.9 Å². The summed E-state index contributed by atoms with van der Waals surface area (Å²) < 4.78 is 0.609. The number of phenolic OH excluding ortho intramolecular Hbond substituents is 1. The van der Waals surface area contributed by atoms with Crippen LogP contribution in [0.25, 0.3) is 0 Å². The Hall–Kier alpha value is -1.07. The molecule has 1 heterocycles. The lowest BCUT2D eigenvalue weighted by atomic mass is 9.98. The van der Waals surface area contributed by atoms with Crippen molar-refractivity contribution in [3.05, 3.63) is 28.2 Å². The molecular formula is C16H23BrN2O2. The van der Waals surface area contributed by atoms with Gasteiger partial charge in [0.25, 0.3) is 5.91 Å². The zero-order chi connectivity index (χ0) is 15.2. The molecule has 1 saturated heterocycles. The number of hydrogen-bond acceptors (Lipinski definition) is 3. The Balaban J connectivity index is 2.08. The number of nitrogens with one attached hydrogen (secondary N) is 1. The molecule has 1 fully saturated rings. The second-order valence-corrected chi connectivity index (χ2v) is 6.48. The van der Waals surface area contributed by atoms with Crippen LogP contribution in [0.2, 0.25) is 0 Å². The number of piperidine rings is 1. The molecule has 21 heavy (non-hydrogen) atoms. The third-order valence-electron chi connectivity index (χ3n) is 3.85. The maximum Gasteiger partial charge on any atom is 0.253 e. The van der Waals surface area contributed by atoms with Gasteiger partial charge in [0.05, 0.1) is 4.47 Å². The molecule has 1 atom stereocenters. The van der Waals surface area contributed by atoms with Gasteiger partial charge in [0.15, 0.2) is 0 Å². The van der Waals surface area contributed by atoms with Gasteiger partial charge in [-0.3, -0.25) is 4.79 Å². The van der Waals surface area contributed by atoms with Gasteiger partial charge < -0.3 is 15.3 Å². The van der Waals surface area contributed by atoms with Crippen molar-refractivity contribution in [1.29, 1.82) is 0 Å². The maximum atomic E-state index is 12.7. The third kappa shape index (κ3) is 4.45. The lowest BCUT2D eigenvalue weighted by molar-refractivity contribution is 0.0718. The molecule has 1 aromatic carbocycles. The van der Waals surface area contributed by atoms with Crippen molar-refractivity contribution in [2.24, 2.45) is 5.92 Å². The van der Waals surface area contributed by atoms with Crippen LogP contribution >= 0.6 is 15.9 Å². The zero-order valence-electron chi connectivity index (χ0n) is 12.4. The minimum atomic E-state index is 0.00484.